The Labute approximate surface area is 115 Å². The summed E-state index contributed by atoms with van der Waals surface area (Å²) in [6.07, 6.45) is 0.581. The monoisotopic (exact) mass is 312 g/mol. The first kappa shape index (κ1) is 13.6. The van der Waals surface area contributed by atoms with Crippen molar-refractivity contribution in [2.24, 2.45) is 5.41 Å². The molecule has 0 spiro atoms. The summed E-state index contributed by atoms with van der Waals surface area (Å²) >= 11 is 3.55. The van der Waals surface area contributed by atoms with Crippen molar-refractivity contribution >= 4 is 21.9 Å². The van der Waals surface area contributed by atoms with Crippen LogP contribution in [0.4, 0.5) is 0 Å². The lowest BCUT2D eigenvalue weighted by Gasteiger charge is -2.45. The van der Waals surface area contributed by atoms with Gasteiger partial charge in [0.25, 0.3) is 0 Å². The molecule has 1 N–H and O–H groups in total. The Kier molecular flexibility index (Phi) is 3.52. The van der Waals surface area contributed by atoms with E-state index in [1.807, 2.05) is 24.3 Å². The van der Waals surface area contributed by atoms with Crippen LogP contribution in [0.25, 0.3) is 0 Å². The predicted molar refractivity (Wildman–Crippen MR) is 72.7 cm³/mol. The van der Waals surface area contributed by atoms with Gasteiger partial charge in [0.15, 0.2) is 0 Å². The van der Waals surface area contributed by atoms with Crippen molar-refractivity contribution in [3.8, 4) is 0 Å². The lowest BCUT2D eigenvalue weighted by molar-refractivity contribution is -0.152. The molecule has 4 heteroatoms. The normalized spacial score (nSPS) is 18.2. The third kappa shape index (κ3) is 2.31. The molecule has 3 nitrogen and oxygen atoms in total. The molecule has 1 aromatic carbocycles. The fourth-order valence-corrected chi connectivity index (χ4v) is 3.22. The number of carboxylic acid groups (broad SMARTS) is 1. The molecule has 1 saturated heterocycles. The number of rotatable bonds is 4. The highest BCUT2D eigenvalue weighted by Crippen LogP contribution is 2.44. The summed E-state index contributed by atoms with van der Waals surface area (Å²) in [5, 5.41) is 9.29. The van der Waals surface area contributed by atoms with Crippen molar-refractivity contribution < 1.29 is 14.6 Å². The van der Waals surface area contributed by atoms with Crippen molar-refractivity contribution in [2.75, 3.05) is 13.2 Å². The highest BCUT2D eigenvalue weighted by atomic mass is 79.9. The minimum Gasteiger partial charge on any atom is -0.481 e. The zero-order valence-electron chi connectivity index (χ0n) is 10.6. The highest BCUT2D eigenvalue weighted by Gasteiger charge is 2.47. The number of aliphatic carboxylic acids is 1. The van der Waals surface area contributed by atoms with Crippen LogP contribution in [-0.2, 0) is 14.9 Å². The number of carboxylic acids is 1. The Morgan fingerprint density at radius 2 is 2.06 bits per heavy atom. The molecular weight excluding hydrogens is 296 g/mol. The van der Waals surface area contributed by atoms with E-state index in [9.17, 15) is 9.90 Å². The minimum atomic E-state index is -0.763. The molecule has 2 rings (SSSR count). The van der Waals surface area contributed by atoms with Crippen LogP contribution >= 0.6 is 15.9 Å². The maximum Gasteiger partial charge on any atom is 0.309 e. The molecule has 0 radical (unpaired) electrons. The van der Waals surface area contributed by atoms with E-state index >= 15 is 0 Å². The number of benzene rings is 1. The largest absolute Gasteiger partial charge is 0.481 e. The second-order valence-corrected chi connectivity index (χ2v) is 6.47. The van der Waals surface area contributed by atoms with Gasteiger partial charge in [-0.15, -0.1) is 0 Å². The molecule has 1 aliphatic heterocycles. The minimum absolute atomic E-state index is 0.179. The average molecular weight is 313 g/mol. The van der Waals surface area contributed by atoms with Crippen molar-refractivity contribution in [3.05, 3.63) is 34.3 Å². The van der Waals surface area contributed by atoms with Crippen molar-refractivity contribution in [3.63, 3.8) is 0 Å². The van der Waals surface area contributed by atoms with E-state index in [-0.39, 0.29) is 5.41 Å². The van der Waals surface area contributed by atoms with Crippen LogP contribution in [0.15, 0.2) is 28.7 Å². The van der Waals surface area contributed by atoms with Crippen LogP contribution in [0.2, 0.25) is 0 Å². The number of ether oxygens (including phenoxy) is 1. The number of carbonyl (C=O) groups is 1. The summed E-state index contributed by atoms with van der Waals surface area (Å²) < 4.78 is 6.38. The van der Waals surface area contributed by atoms with Gasteiger partial charge in [-0.3, -0.25) is 4.79 Å². The highest BCUT2D eigenvalue weighted by molar-refractivity contribution is 9.10. The van der Waals surface area contributed by atoms with Crippen LogP contribution in [0, 0.1) is 5.41 Å². The van der Waals surface area contributed by atoms with Gasteiger partial charge < -0.3 is 9.84 Å². The second kappa shape index (κ2) is 4.67. The fourth-order valence-electron chi connectivity index (χ4n) is 2.51. The molecule has 0 aliphatic carbocycles. The number of hydrogen-bond donors (Lipinski definition) is 1. The quantitative estimate of drug-likeness (QED) is 0.928. The van der Waals surface area contributed by atoms with E-state index < -0.39 is 11.4 Å². The van der Waals surface area contributed by atoms with E-state index in [2.05, 4.69) is 15.9 Å². The van der Waals surface area contributed by atoms with E-state index in [4.69, 9.17) is 4.74 Å². The smallest absolute Gasteiger partial charge is 0.309 e. The molecule has 0 aromatic heterocycles. The fraction of sp³-hybridized carbons (Fsp3) is 0.500. The first-order chi connectivity index (χ1) is 8.37. The molecule has 98 valence electrons. The van der Waals surface area contributed by atoms with E-state index in [1.165, 1.54) is 0 Å². The zero-order chi connectivity index (χ0) is 13.4. The Hall–Kier alpha value is -0.870. The summed E-state index contributed by atoms with van der Waals surface area (Å²) in [6.45, 7) is 4.72. The first-order valence-corrected chi connectivity index (χ1v) is 6.73. The van der Waals surface area contributed by atoms with E-state index in [0.717, 1.165) is 10.0 Å². The lowest BCUT2D eigenvalue weighted by Crippen LogP contribution is -2.50. The standard InChI is InChI=1S/C14H17BrO3/c1-13(2,12(16)17)7-14(8-18-9-14)10-5-3-4-6-11(10)15/h3-6H,7-9H2,1-2H3,(H,16,17). The summed E-state index contributed by atoms with van der Waals surface area (Å²) in [4.78, 5) is 11.3. The Morgan fingerprint density at radius 3 is 2.50 bits per heavy atom. The van der Waals surface area contributed by atoms with Crippen LogP contribution in [0.3, 0.4) is 0 Å². The number of halogens is 1. The average Bonchev–Trinajstić information content (AvgIpc) is 2.24. The van der Waals surface area contributed by atoms with E-state index in [1.54, 1.807) is 13.8 Å². The van der Waals surface area contributed by atoms with E-state index in [0.29, 0.717) is 19.6 Å². The molecule has 1 aliphatic rings. The first-order valence-electron chi connectivity index (χ1n) is 5.94. The van der Waals surface area contributed by atoms with Gasteiger partial charge in [0, 0.05) is 9.89 Å². The Balaban J connectivity index is 2.33. The van der Waals surface area contributed by atoms with Crippen molar-refractivity contribution in [2.45, 2.75) is 25.7 Å². The lowest BCUT2D eigenvalue weighted by atomic mass is 9.67. The number of hydrogen-bond acceptors (Lipinski definition) is 2. The zero-order valence-corrected chi connectivity index (χ0v) is 12.2. The molecule has 1 fully saturated rings. The van der Waals surface area contributed by atoms with Crippen LogP contribution < -0.4 is 0 Å². The summed E-state index contributed by atoms with van der Waals surface area (Å²) in [7, 11) is 0. The second-order valence-electron chi connectivity index (χ2n) is 5.62. The molecule has 0 amide bonds. The van der Waals surface area contributed by atoms with Crippen LogP contribution in [0.1, 0.15) is 25.8 Å². The summed E-state index contributed by atoms with van der Waals surface area (Å²) in [5.74, 6) is -0.763. The summed E-state index contributed by atoms with van der Waals surface area (Å²) in [5.41, 5.74) is 0.215. The molecule has 18 heavy (non-hydrogen) atoms. The maximum absolute atomic E-state index is 11.3. The molecule has 0 unspecified atom stereocenters. The molecule has 0 atom stereocenters. The van der Waals surface area contributed by atoms with Crippen LogP contribution in [0.5, 0.6) is 0 Å². The third-order valence-corrected chi connectivity index (χ3v) is 4.25. The molecule has 1 aromatic rings. The van der Waals surface area contributed by atoms with Gasteiger partial charge >= 0.3 is 5.97 Å². The van der Waals surface area contributed by atoms with Gasteiger partial charge in [-0.1, -0.05) is 34.1 Å². The van der Waals surface area contributed by atoms with Crippen molar-refractivity contribution in [1.29, 1.82) is 0 Å². The van der Waals surface area contributed by atoms with Gasteiger partial charge in [-0.05, 0) is 31.9 Å². The molecular formula is C14H17BrO3. The van der Waals surface area contributed by atoms with Gasteiger partial charge in [0.1, 0.15) is 0 Å². The van der Waals surface area contributed by atoms with Gasteiger partial charge in [-0.2, -0.15) is 0 Å². The van der Waals surface area contributed by atoms with Gasteiger partial charge in [-0.25, -0.2) is 0 Å². The van der Waals surface area contributed by atoms with Gasteiger partial charge in [0.05, 0.1) is 18.6 Å². The SMILES string of the molecule is CC(C)(CC1(c2ccccc2Br)COC1)C(=O)O. The molecule has 1 heterocycles. The molecule has 0 bridgehead atoms. The maximum atomic E-state index is 11.3. The topological polar surface area (TPSA) is 46.5 Å². The predicted octanol–water partition coefficient (Wildman–Crippen LogP) is 3.22. The van der Waals surface area contributed by atoms with Crippen LogP contribution in [-0.4, -0.2) is 24.3 Å². The van der Waals surface area contributed by atoms with Crippen molar-refractivity contribution in [1.82, 2.24) is 0 Å². The third-order valence-electron chi connectivity index (χ3n) is 3.56. The Morgan fingerprint density at radius 1 is 1.44 bits per heavy atom. The summed E-state index contributed by atoms with van der Waals surface area (Å²) in [6, 6.07) is 7.98. The Bertz CT molecular complexity index is 464. The van der Waals surface area contributed by atoms with Gasteiger partial charge in [0.2, 0.25) is 0 Å². The molecule has 0 saturated carbocycles.